The van der Waals surface area contributed by atoms with Crippen molar-refractivity contribution in [3.63, 3.8) is 0 Å². The Morgan fingerprint density at radius 3 is 3.05 bits per heavy atom. The van der Waals surface area contributed by atoms with Crippen LogP contribution in [0, 0.1) is 0 Å². The second-order valence-electron chi connectivity index (χ2n) is 4.79. The van der Waals surface area contributed by atoms with Crippen molar-refractivity contribution in [2.45, 2.75) is 19.0 Å². The van der Waals surface area contributed by atoms with Crippen molar-refractivity contribution >= 4 is 23.3 Å². The summed E-state index contributed by atoms with van der Waals surface area (Å²) in [7, 11) is 1.73. The van der Waals surface area contributed by atoms with Crippen molar-refractivity contribution < 1.29 is 19.4 Å². The minimum absolute atomic E-state index is 0.0853. The van der Waals surface area contributed by atoms with Gasteiger partial charge in [-0.25, -0.2) is 4.79 Å². The van der Waals surface area contributed by atoms with E-state index in [2.05, 4.69) is 0 Å². The Hall–Kier alpha value is -1.60. The van der Waals surface area contributed by atoms with E-state index in [9.17, 15) is 9.59 Å². The number of hydrogen-bond acceptors (Lipinski definition) is 4. The van der Waals surface area contributed by atoms with Crippen LogP contribution in [0.4, 0.5) is 4.79 Å². The third-order valence-corrected chi connectivity index (χ3v) is 3.94. The number of hydrogen-bond donors (Lipinski definition) is 1. The third kappa shape index (κ3) is 3.71. The van der Waals surface area contributed by atoms with E-state index in [0.29, 0.717) is 19.7 Å². The van der Waals surface area contributed by atoms with E-state index in [4.69, 9.17) is 9.84 Å². The van der Waals surface area contributed by atoms with E-state index < -0.39 is 12.0 Å². The summed E-state index contributed by atoms with van der Waals surface area (Å²) in [5.41, 5.74) is 1.08. The number of thiophene rings is 1. The fourth-order valence-electron chi connectivity index (χ4n) is 2.22. The number of urea groups is 1. The molecule has 1 aromatic rings. The first-order valence-electron chi connectivity index (χ1n) is 6.40. The number of aliphatic carboxylic acids is 1. The van der Waals surface area contributed by atoms with Gasteiger partial charge in [0.05, 0.1) is 25.7 Å². The number of nitrogens with zero attached hydrogens (tertiary/aromatic N) is 2. The molecule has 2 rings (SSSR count). The van der Waals surface area contributed by atoms with Crippen LogP contribution in [0.5, 0.6) is 0 Å². The molecule has 1 N–H and O–H groups in total. The molecule has 1 saturated heterocycles. The fraction of sp³-hybridized carbons (Fsp3) is 0.538. The van der Waals surface area contributed by atoms with Gasteiger partial charge < -0.3 is 19.6 Å². The van der Waals surface area contributed by atoms with E-state index in [1.165, 1.54) is 0 Å². The normalized spacial score (nSPS) is 18.9. The standard InChI is InChI=1S/C13H18N2O4S/c1-14(7-10-2-5-20-9-10)13(18)15-3-4-19-8-11(15)6-12(16)17/h2,5,9,11H,3-4,6-8H2,1H3,(H,16,17). The van der Waals surface area contributed by atoms with Gasteiger partial charge in [0.15, 0.2) is 0 Å². The first-order chi connectivity index (χ1) is 9.58. The van der Waals surface area contributed by atoms with Crippen molar-refractivity contribution in [2.75, 3.05) is 26.8 Å². The predicted molar refractivity (Wildman–Crippen MR) is 74.7 cm³/mol. The fourth-order valence-corrected chi connectivity index (χ4v) is 2.88. The molecule has 110 valence electrons. The Morgan fingerprint density at radius 1 is 1.60 bits per heavy atom. The lowest BCUT2D eigenvalue weighted by Crippen LogP contribution is -2.53. The van der Waals surface area contributed by atoms with Crippen LogP contribution in [0.2, 0.25) is 0 Å². The highest BCUT2D eigenvalue weighted by Crippen LogP contribution is 2.15. The summed E-state index contributed by atoms with van der Waals surface area (Å²) in [6.45, 7) is 1.70. The van der Waals surface area contributed by atoms with Gasteiger partial charge in [-0.05, 0) is 22.4 Å². The average molecular weight is 298 g/mol. The molecule has 20 heavy (non-hydrogen) atoms. The molecule has 0 aromatic carbocycles. The molecule has 2 amide bonds. The van der Waals surface area contributed by atoms with Gasteiger partial charge in [-0.1, -0.05) is 0 Å². The molecular weight excluding hydrogens is 280 g/mol. The summed E-state index contributed by atoms with van der Waals surface area (Å²) >= 11 is 1.59. The maximum atomic E-state index is 12.4. The quantitative estimate of drug-likeness (QED) is 0.914. The zero-order valence-electron chi connectivity index (χ0n) is 11.3. The highest BCUT2D eigenvalue weighted by Gasteiger charge is 2.30. The summed E-state index contributed by atoms with van der Waals surface area (Å²) < 4.78 is 5.27. The van der Waals surface area contributed by atoms with E-state index in [1.54, 1.807) is 28.2 Å². The number of rotatable bonds is 4. The van der Waals surface area contributed by atoms with Gasteiger partial charge in [-0.3, -0.25) is 4.79 Å². The Kier molecular flexibility index (Phi) is 4.97. The largest absolute Gasteiger partial charge is 0.481 e. The maximum absolute atomic E-state index is 12.4. The first-order valence-corrected chi connectivity index (χ1v) is 7.34. The SMILES string of the molecule is CN(Cc1ccsc1)C(=O)N1CCOCC1CC(=O)O. The monoisotopic (exact) mass is 298 g/mol. The molecule has 0 radical (unpaired) electrons. The van der Waals surface area contributed by atoms with Crippen molar-refractivity contribution in [3.05, 3.63) is 22.4 Å². The third-order valence-electron chi connectivity index (χ3n) is 3.21. The molecule has 1 atom stereocenters. The summed E-state index contributed by atoms with van der Waals surface area (Å²) in [4.78, 5) is 26.5. The van der Waals surface area contributed by atoms with Crippen LogP contribution in [-0.2, 0) is 16.1 Å². The first kappa shape index (κ1) is 14.8. The molecule has 1 aliphatic heterocycles. The highest BCUT2D eigenvalue weighted by atomic mass is 32.1. The number of carboxylic acid groups (broad SMARTS) is 1. The predicted octanol–water partition coefficient (Wildman–Crippen LogP) is 1.48. The molecule has 2 heterocycles. The minimum Gasteiger partial charge on any atom is -0.481 e. The highest BCUT2D eigenvalue weighted by molar-refractivity contribution is 7.07. The molecule has 0 saturated carbocycles. The molecule has 0 spiro atoms. The zero-order chi connectivity index (χ0) is 14.5. The van der Waals surface area contributed by atoms with Crippen LogP contribution in [0.1, 0.15) is 12.0 Å². The van der Waals surface area contributed by atoms with E-state index in [-0.39, 0.29) is 19.1 Å². The Morgan fingerprint density at radius 2 is 2.40 bits per heavy atom. The Bertz CT molecular complexity index is 463. The van der Waals surface area contributed by atoms with Gasteiger partial charge >= 0.3 is 12.0 Å². The number of amides is 2. The number of morpholine rings is 1. The lowest BCUT2D eigenvalue weighted by Gasteiger charge is -2.37. The lowest BCUT2D eigenvalue weighted by molar-refractivity contribution is -0.139. The smallest absolute Gasteiger partial charge is 0.320 e. The van der Waals surface area contributed by atoms with Gasteiger partial charge in [-0.15, -0.1) is 0 Å². The van der Waals surface area contributed by atoms with Gasteiger partial charge in [0.1, 0.15) is 0 Å². The van der Waals surface area contributed by atoms with Crippen LogP contribution in [-0.4, -0.2) is 59.8 Å². The molecule has 0 aliphatic carbocycles. The molecule has 1 aliphatic rings. The molecule has 0 bridgehead atoms. The van der Waals surface area contributed by atoms with Crippen molar-refractivity contribution in [3.8, 4) is 0 Å². The van der Waals surface area contributed by atoms with Gasteiger partial charge in [0, 0.05) is 20.1 Å². The van der Waals surface area contributed by atoms with Crippen molar-refractivity contribution in [1.82, 2.24) is 9.80 Å². The second-order valence-corrected chi connectivity index (χ2v) is 5.57. The number of ether oxygens (including phenoxy) is 1. The van der Waals surface area contributed by atoms with Gasteiger partial charge in [0.25, 0.3) is 0 Å². The number of carbonyl (C=O) groups is 2. The molecule has 6 nitrogen and oxygen atoms in total. The van der Waals surface area contributed by atoms with Gasteiger partial charge in [-0.2, -0.15) is 11.3 Å². The van der Waals surface area contributed by atoms with Crippen LogP contribution in [0.25, 0.3) is 0 Å². The molecule has 1 fully saturated rings. The lowest BCUT2D eigenvalue weighted by atomic mass is 10.1. The summed E-state index contributed by atoms with van der Waals surface area (Å²) in [5.74, 6) is -0.918. The van der Waals surface area contributed by atoms with E-state index in [0.717, 1.165) is 5.56 Å². The summed E-state index contributed by atoms with van der Waals surface area (Å²) in [6.07, 6.45) is -0.0853. The van der Waals surface area contributed by atoms with Crippen LogP contribution in [0.15, 0.2) is 16.8 Å². The topological polar surface area (TPSA) is 70.1 Å². The van der Waals surface area contributed by atoms with Crippen LogP contribution >= 0.6 is 11.3 Å². The second kappa shape index (κ2) is 6.71. The summed E-state index contributed by atoms with van der Waals surface area (Å²) in [6, 6.07) is 1.44. The summed E-state index contributed by atoms with van der Waals surface area (Å²) in [5, 5.41) is 12.9. The molecular formula is C13H18N2O4S. The van der Waals surface area contributed by atoms with Crippen molar-refractivity contribution in [2.24, 2.45) is 0 Å². The number of carboxylic acids is 1. The van der Waals surface area contributed by atoms with Crippen molar-refractivity contribution in [1.29, 1.82) is 0 Å². The molecule has 1 unspecified atom stereocenters. The Balaban J connectivity index is 1.99. The Labute approximate surface area is 121 Å². The van der Waals surface area contributed by atoms with Crippen LogP contribution in [0.3, 0.4) is 0 Å². The average Bonchev–Trinajstić information content (AvgIpc) is 2.90. The van der Waals surface area contributed by atoms with Gasteiger partial charge in [0.2, 0.25) is 0 Å². The minimum atomic E-state index is -0.918. The van der Waals surface area contributed by atoms with E-state index >= 15 is 0 Å². The maximum Gasteiger partial charge on any atom is 0.320 e. The van der Waals surface area contributed by atoms with E-state index in [1.807, 2.05) is 16.8 Å². The molecule has 1 aromatic heterocycles. The zero-order valence-corrected chi connectivity index (χ0v) is 12.1. The van der Waals surface area contributed by atoms with Crippen LogP contribution < -0.4 is 0 Å². The number of carbonyl (C=O) groups excluding carboxylic acids is 1. The molecule has 7 heteroatoms.